The number of aliphatic hydroxyl groups is 1. The monoisotopic (exact) mass is 373 g/mol. The minimum atomic E-state index is -0.185. The van der Waals surface area contributed by atoms with Crippen molar-refractivity contribution in [3.8, 4) is 0 Å². The van der Waals surface area contributed by atoms with Crippen molar-refractivity contribution in [2.24, 2.45) is 5.92 Å². The fourth-order valence-electron chi connectivity index (χ4n) is 3.40. The molecule has 1 saturated heterocycles. The zero-order valence-electron chi connectivity index (χ0n) is 16.0. The van der Waals surface area contributed by atoms with Crippen LogP contribution >= 0.6 is 0 Å². The van der Waals surface area contributed by atoms with E-state index in [0.717, 1.165) is 37.3 Å². The molecule has 3 rings (SSSR count). The second-order valence-electron chi connectivity index (χ2n) is 7.42. The second kappa shape index (κ2) is 9.10. The van der Waals surface area contributed by atoms with E-state index in [1.165, 1.54) is 0 Å². The van der Waals surface area contributed by atoms with Crippen LogP contribution in [0.1, 0.15) is 24.0 Å². The maximum Gasteiger partial charge on any atom is 0.134 e. The van der Waals surface area contributed by atoms with Crippen LogP contribution < -0.4 is 10.2 Å². The molecule has 146 valence electrons. The molecule has 2 heterocycles. The molecule has 1 unspecified atom stereocenters. The van der Waals surface area contributed by atoms with Crippen LogP contribution in [0, 0.1) is 11.7 Å². The standard InChI is InChI=1S/C20H28FN5O/c1-25(2)12-17-6-5-15(8-18(17)21)10-22-19-9-20(24-14-23-19)26-7-3-4-16(11-26)13-27/h5-6,8-9,14,16,27H,3-4,7,10-13H2,1-2H3,(H,22,23,24). The van der Waals surface area contributed by atoms with Gasteiger partial charge >= 0.3 is 0 Å². The van der Waals surface area contributed by atoms with Gasteiger partial charge in [-0.2, -0.15) is 0 Å². The molecular weight excluding hydrogens is 345 g/mol. The van der Waals surface area contributed by atoms with E-state index in [2.05, 4.69) is 20.2 Å². The Morgan fingerprint density at radius 2 is 2.15 bits per heavy atom. The molecule has 1 atom stereocenters. The van der Waals surface area contributed by atoms with Crippen LogP contribution in [0.3, 0.4) is 0 Å². The van der Waals surface area contributed by atoms with E-state index in [0.29, 0.717) is 30.4 Å². The van der Waals surface area contributed by atoms with E-state index in [1.807, 2.05) is 37.2 Å². The Hall–Kier alpha value is -2.25. The van der Waals surface area contributed by atoms with E-state index >= 15 is 0 Å². The minimum Gasteiger partial charge on any atom is -0.396 e. The zero-order chi connectivity index (χ0) is 19.2. The lowest BCUT2D eigenvalue weighted by molar-refractivity contribution is 0.208. The summed E-state index contributed by atoms with van der Waals surface area (Å²) in [5.74, 6) is 1.69. The third-order valence-corrected chi connectivity index (χ3v) is 4.83. The molecule has 1 aromatic carbocycles. The fourth-order valence-corrected chi connectivity index (χ4v) is 3.40. The molecular formula is C20H28FN5O. The molecule has 1 aliphatic heterocycles. The Balaban J connectivity index is 1.62. The Morgan fingerprint density at radius 3 is 2.89 bits per heavy atom. The Labute approximate surface area is 160 Å². The molecule has 2 aromatic rings. The number of nitrogens with zero attached hydrogens (tertiary/aromatic N) is 4. The lowest BCUT2D eigenvalue weighted by atomic mass is 9.99. The number of hydrogen-bond acceptors (Lipinski definition) is 6. The van der Waals surface area contributed by atoms with Gasteiger partial charge < -0.3 is 20.2 Å². The first kappa shape index (κ1) is 19.5. The van der Waals surface area contributed by atoms with Gasteiger partial charge in [0.25, 0.3) is 0 Å². The third kappa shape index (κ3) is 5.37. The summed E-state index contributed by atoms with van der Waals surface area (Å²) < 4.78 is 14.2. The largest absolute Gasteiger partial charge is 0.396 e. The molecule has 6 nitrogen and oxygen atoms in total. The number of aliphatic hydroxyl groups excluding tert-OH is 1. The molecule has 27 heavy (non-hydrogen) atoms. The quantitative estimate of drug-likeness (QED) is 0.778. The number of anilines is 2. The molecule has 0 saturated carbocycles. The summed E-state index contributed by atoms with van der Waals surface area (Å²) in [6.45, 7) is 3.04. The van der Waals surface area contributed by atoms with Crippen LogP contribution in [-0.4, -0.2) is 53.8 Å². The molecule has 1 aliphatic rings. The minimum absolute atomic E-state index is 0.185. The molecule has 1 fully saturated rings. The summed E-state index contributed by atoms with van der Waals surface area (Å²) in [5.41, 5.74) is 1.56. The number of piperidine rings is 1. The van der Waals surface area contributed by atoms with Gasteiger partial charge in [0.15, 0.2) is 0 Å². The van der Waals surface area contributed by atoms with Gasteiger partial charge in [0, 0.05) is 44.4 Å². The molecule has 7 heteroatoms. The van der Waals surface area contributed by atoms with Gasteiger partial charge in [-0.3, -0.25) is 0 Å². The van der Waals surface area contributed by atoms with Gasteiger partial charge in [0.05, 0.1) is 0 Å². The van der Waals surface area contributed by atoms with Gasteiger partial charge in [0.2, 0.25) is 0 Å². The Kier molecular flexibility index (Phi) is 6.58. The van der Waals surface area contributed by atoms with E-state index in [-0.39, 0.29) is 12.4 Å². The van der Waals surface area contributed by atoms with Crippen LogP contribution in [-0.2, 0) is 13.1 Å². The SMILES string of the molecule is CN(C)Cc1ccc(CNc2cc(N3CCCC(CO)C3)ncn2)cc1F. The van der Waals surface area contributed by atoms with Gasteiger partial charge in [-0.25, -0.2) is 14.4 Å². The summed E-state index contributed by atoms with van der Waals surface area (Å²) >= 11 is 0. The van der Waals surface area contributed by atoms with E-state index in [9.17, 15) is 9.50 Å². The molecule has 0 bridgehead atoms. The summed E-state index contributed by atoms with van der Waals surface area (Å²) in [5, 5.41) is 12.7. The predicted molar refractivity (Wildman–Crippen MR) is 105 cm³/mol. The number of aromatic nitrogens is 2. The van der Waals surface area contributed by atoms with Crippen LogP contribution in [0.4, 0.5) is 16.0 Å². The highest BCUT2D eigenvalue weighted by Gasteiger charge is 2.20. The highest BCUT2D eigenvalue weighted by atomic mass is 19.1. The average molecular weight is 373 g/mol. The van der Waals surface area contributed by atoms with Crippen molar-refractivity contribution in [2.75, 3.05) is 44.0 Å². The third-order valence-electron chi connectivity index (χ3n) is 4.83. The lowest BCUT2D eigenvalue weighted by Gasteiger charge is -2.32. The van der Waals surface area contributed by atoms with Crippen molar-refractivity contribution < 1.29 is 9.50 Å². The Bertz CT molecular complexity index is 755. The van der Waals surface area contributed by atoms with E-state index < -0.39 is 0 Å². The van der Waals surface area contributed by atoms with Crippen LogP contribution in [0.25, 0.3) is 0 Å². The van der Waals surface area contributed by atoms with Gasteiger partial charge in [-0.1, -0.05) is 12.1 Å². The summed E-state index contributed by atoms with van der Waals surface area (Å²) in [7, 11) is 3.85. The molecule has 0 aliphatic carbocycles. The van der Waals surface area contributed by atoms with Crippen molar-refractivity contribution in [3.63, 3.8) is 0 Å². The highest BCUT2D eigenvalue weighted by Crippen LogP contribution is 2.22. The normalized spacial score (nSPS) is 17.4. The first-order valence-electron chi connectivity index (χ1n) is 9.39. The number of hydrogen-bond donors (Lipinski definition) is 2. The van der Waals surface area contributed by atoms with Gasteiger partial charge in [-0.15, -0.1) is 0 Å². The fraction of sp³-hybridized carbons (Fsp3) is 0.500. The summed E-state index contributed by atoms with van der Waals surface area (Å²) in [6.07, 6.45) is 3.65. The number of rotatable bonds is 7. The van der Waals surface area contributed by atoms with Gasteiger partial charge in [0.1, 0.15) is 23.8 Å². The van der Waals surface area contributed by atoms with Crippen molar-refractivity contribution in [1.29, 1.82) is 0 Å². The first-order chi connectivity index (χ1) is 13.0. The smallest absolute Gasteiger partial charge is 0.134 e. The number of nitrogens with one attached hydrogen (secondary N) is 1. The van der Waals surface area contributed by atoms with Crippen molar-refractivity contribution in [3.05, 3.63) is 47.5 Å². The molecule has 0 radical (unpaired) electrons. The zero-order valence-corrected chi connectivity index (χ0v) is 16.0. The molecule has 2 N–H and O–H groups in total. The van der Waals surface area contributed by atoms with Crippen LogP contribution in [0.5, 0.6) is 0 Å². The maximum atomic E-state index is 14.2. The van der Waals surface area contributed by atoms with Crippen LogP contribution in [0.15, 0.2) is 30.6 Å². The second-order valence-corrected chi connectivity index (χ2v) is 7.42. The van der Waals surface area contributed by atoms with E-state index in [1.54, 1.807) is 12.4 Å². The number of halogens is 1. The lowest BCUT2D eigenvalue weighted by Crippen LogP contribution is -2.37. The van der Waals surface area contributed by atoms with Crippen LogP contribution in [0.2, 0.25) is 0 Å². The predicted octanol–water partition coefficient (Wildman–Crippen LogP) is 2.50. The van der Waals surface area contributed by atoms with Gasteiger partial charge in [-0.05, 0) is 44.5 Å². The van der Waals surface area contributed by atoms with E-state index in [4.69, 9.17) is 0 Å². The first-order valence-corrected chi connectivity index (χ1v) is 9.39. The topological polar surface area (TPSA) is 64.5 Å². The highest BCUT2D eigenvalue weighted by molar-refractivity contribution is 5.49. The molecule has 0 spiro atoms. The average Bonchev–Trinajstić information content (AvgIpc) is 2.68. The number of benzene rings is 1. The van der Waals surface area contributed by atoms with Crippen molar-refractivity contribution in [1.82, 2.24) is 14.9 Å². The van der Waals surface area contributed by atoms with Crippen molar-refractivity contribution >= 4 is 11.6 Å². The molecule has 0 amide bonds. The maximum absolute atomic E-state index is 14.2. The molecule has 1 aromatic heterocycles. The summed E-state index contributed by atoms with van der Waals surface area (Å²) in [6, 6.07) is 7.26. The Morgan fingerprint density at radius 1 is 1.30 bits per heavy atom. The van der Waals surface area contributed by atoms with Crippen molar-refractivity contribution in [2.45, 2.75) is 25.9 Å². The summed E-state index contributed by atoms with van der Waals surface area (Å²) in [4.78, 5) is 12.8.